The molecular formula is C13H19N3O4. The summed E-state index contributed by atoms with van der Waals surface area (Å²) in [6.07, 6.45) is 5.49. The van der Waals surface area contributed by atoms with Crippen molar-refractivity contribution >= 4 is 11.9 Å². The van der Waals surface area contributed by atoms with Gasteiger partial charge in [0.2, 0.25) is 0 Å². The third-order valence-corrected chi connectivity index (χ3v) is 4.11. The Kier molecular flexibility index (Phi) is 3.96. The Labute approximate surface area is 116 Å². The van der Waals surface area contributed by atoms with Crippen LogP contribution in [0.4, 0.5) is 0 Å². The zero-order chi connectivity index (χ0) is 14.8. The van der Waals surface area contributed by atoms with Crippen LogP contribution in [0.5, 0.6) is 0 Å². The average Bonchev–Trinajstić information content (AvgIpc) is 2.84. The normalized spacial score (nSPS) is 17.6. The molecule has 7 heteroatoms. The number of carbonyl (C=O) groups excluding carboxylic acids is 1. The van der Waals surface area contributed by atoms with Crippen LogP contribution in [-0.2, 0) is 4.79 Å². The van der Waals surface area contributed by atoms with Crippen molar-refractivity contribution in [2.24, 2.45) is 0 Å². The van der Waals surface area contributed by atoms with Crippen LogP contribution >= 0.6 is 0 Å². The van der Waals surface area contributed by atoms with Crippen molar-refractivity contribution in [3.63, 3.8) is 0 Å². The number of imidazole rings is 1. The molecule has 1 aromatic rings. The van der Waals surface area contributed by atoms with E-state index in [-0.39, 0.29) is 18.0 Å². The number of carboxylic acid groups (broad SMARTS) is 1. The van der Waals surface area contributed by atoms with Crippen molar-refractivity contribution in [3.05, 3.63) is 22.4 Å². The number of carbonyl (C=O) groups is 2. The molecule has 1 saturated carbocycles. The van der Waals surface area contributed by atoms with E-state index in [1.807, 2.05) is 0 Å². The number of aromatic nitrogens is 2. The highest BCUT2D eigenvalue weighted by atomic mass is 16.4. The van der Waals surface area contributed by atoms with Crippen LogP contribution < -0.4 is 5.69 Å². The van der Waals surface area contributed by atoms with Crippen molar-refractivity contribution in [1.82, 2.24) is 14.9 Å². The molecule has 0 saturated heterocycles. The highest BCUT2D eigenvalue weighted by molar-refractivity contribution is 5.92. The number of H-pyrrole nitrogens is 2. The summed E-state index contributed by atoms with van der Waals surface area (Å²) in [4.78, 5) is 40.9. The lowest BCUT2D eigenvalue weighted by Crippen LogP contribution is -2.52. The van der Waals surface area contributed by atoms with Gasteiger partial charge in [-0.15, -0.1) is 0 Å². The molecule has 0 bridgehead atoms. The van der Waals surface area contributed by atoms with Gasteiger partial charge in [0, 0.05) is 13.2 Å². The minimum absolute atomic E-state index is 0.0656. The zero-order valence-corrected chi connectivity index (χ0v) is 11.4. The van der Waals surface area contributed by atoms with Crippen LogP contribution in [0.15, 0.2) is 11.0 Å². The van der Waals surface area contributed by atoms with Crippen LogP contribution in [0, 0.1) is 0 Å². The maximum atomic E-state index is 12.4. The molecule has 0 aromatic carbocycles. The van der Waals surface area contributed by atoms with E-state index in [1.165, 1.54) is 11.1 Å². The SMILES string of the molecule is CN(C(=O)c1c[nH]c(=O)[nH]1)C1(CC(=O)O)CCCCC1. The van der Waals surface area contributed by atoms with E-state index in [0.29, 0.717) is 12.8 Å². The summed E-state index contributed by atoms with van der Waals surface area (Å²) >= 11 is 0. The fraction of sp³-hybridized carbons (Fsp3) is 0.615. The molecular weight excluding hydrogens is 262 g/mol. The highest BCUT2D eigenvalue weighted by Crippen LogP contribution is 2.36. The van der Waals surface area contributed by atoms with Gasteiger partial charge in [-0.05, 0) is 12.8 Å². The molecule has 1 fully saturated rings. The first-order valence-electron chi connectivity index (χ1n) is 6.72. The molecule has 3 N–H and O–H groups in total. The average molecular weight is 281 g/mol. The quantitative estimate of drug-likeness (QED) is 0.764. The third kappa shape index (κ3) is 2.76. The van der Waals surface area contributed by atoms with Crippen molar-refractivity contribution in [3.8, 4) is 0 Å². The second-order valence-electron chi connectivity index (χ2n) is 5.38. The van der Waals surface area contributed by atoms with E-state index in [2.05, 4.69) is 9.97 Å². The molecule has 0 radical (unpaired) electrons. The first kappa shape index (κ1) is 14.4. The largest absolute Gasteiger partial charge is 0.481 e. The molecule has 20 heavy (non-hydrogen) atoms. The van der Waals surface area contributed by atoms with Gasteiger partial charge in [-0.25, -0.2) is 4.79 Å². The second kappa shape index (κ2) is 5.52. The van der Waals surface area contributed by atoms with E-state index in [9.17, 15) is 14.4 Å². The minimum atomic E-state index is -0.908. The van der Waals surface area contributed by atoms with Crippen LogP contribution in [0.1, 0.15) is 49.0 Å². The first-order chi connectivity index (χ1) is 9.44. The van der Waals surface area contributed by atoms with Gasteiger partial charge in [0.05, 0.1) is 12.0 Å². The van der Waals surface area contributed by atoms with E-state index in [4.69, 9.17) is 5.11 Å². The van der Waals surface area contributed by atoms with Gasteiger partial charge in [-0.1, -0.05) is 19.3 Å². The summed E-state index contributed by atoms with van der Waals surface area (Å²) in [5.74, 6) is -1.26. The maximum Gasteiger partial charge on any atom is 0.323 e. The lowest BCUT2D eigenvalue weighted by atomic mass is 9.78. The summed E-state index contributed by atoms with van der Waals surface area (Å²) in [6.45, 7) is 0. The second-order valence-corrected chi connectivity index (χ2v) is 5.38. The van der Waals surface area contributed by atoms with Gasteiger partial charge in [-0.2, -0.15) is 0 Å². The van der Waals surface area contributed by atoms with E-state index >= 15 is 0 Å². The molecule has 0 spiro atoms. The fourth-order valence-corrected chi connectivity index (χ4v) is 2.97. The Bertz CT molecular complexity index is 554. The van der Waals surface area contributed by atoms with Gasteiger partial charge in [0.25, 0.3) is 5.91 Å². The predicted octanol–water partition coefficient (Wildman–Crippen LogP) is 0.953. The molecule has 1 aliphatic carbocycles. The molecule has 2 rings (SSSR count). The van der Waals surface area contributed by atoms with Gasteiger partial charge in [0.15, 0.2) is 0 Å². The van der Waals surface area contributed by atoms with E-state index in [0.717, 1.165) is 19.3 Å². The lowest BCUT2D eigenvalue weighted by Gasteiger charge is -2.43. The number of hydrogen-bond donors (Lipinski definition) is 3. The van der Waals surface area contributed by atoms with Crippen molar-refractivity contribution in [2.75, 3.05) is 7.05 Å². The summed E-state index contributed by atoms with van der Waals surface area (Å²) in [5, 5.41) is 9.13. The van der Waals surface area contributed by atoms with Gasteiger partial charge < -0.3 is 20.0 Å². The summed E-state index contributed by atoms with van der Waals surface area (Å²) in [5.41, 5.74) is -0.944. The molecule has 1 aromatic heterocycles. The summed E-state index contributed by atoms with van der Waals surface area (Å²) < 4.78 is 0. The number of aromatic amines is 2. The number of amides is 1. The van der Waals surface area contributed by atoms with Crippen molar-refractivity contribution in [1.29, 1.82) is 0 Å². The summed E-state index contributed by atoms with van der Waals surface area (Å²) in [7, 11) is 1.61. The van der Waals surface area contributed by atoms with Gasteiger partial charge in [-0.3, -0.25) is 9.59 Å². The molecule has 1 aliphatic rings. The Morgan fingerprint density at radius 2 is 2.00 bits per heavy atom. The van der Waals surface area contributed by atoms with Crippen molar-refractivity contribution in [2.45, 2.75) is 44.1 Å². The Morgan fingerprint density at radius 1 is 1.35 bits per heavy atom. The Hall–Kier alpha value is -2.05. The van der Waals surface area contributed by atoms with Crippen molar-refractivity contribution < 1.29 is 14.7 Å². The monoisotopic (exact) mass is 281 g/mol. The number of rotatable bonds is 4. The zero-order valence-electron chi connectivity index (χ0n) is 11.4. The highest BCUT2D eigenvalue weighted by Gasteiger charge is 2.41. The number of nitrogens with zero attached hydrogens (tertiary/aromatic N) is 1. The van der Waals surface area contributed by atoms with Crippen LogP contribution in [0.3, 0.4) is 0 Å². The van der Waals surface area contributed by atoms with Crippen LogP contribution in [0.25, 0.3) is 0 Å². The molecule has 0 atom stereocenters. The van der Waals surface area contributed by atoms with E-state index < -0.39 is 17.2 Å². The standard InChI is InChI=1S/C13H19N3O4/c1-16(11(19)9-8-14-12(20)15-9)13(7-10(17)18)5-3-2-4-6-13/h8H,2-7H2,1H3,(H,17,18)(H2,14,15,20). The summed E-state index contributed by atoms with van der Waals surface area (Å²) in [6, 6.07) is 0. The maximum absolute atomic E-state index is 12.4. The van der Waals surface area contributed by atoms with Gasteiger partial charge >= 0.3 is 11.7 Å². The number of hydrogen-bond acceptors (Lipinski definition) is 3. The molecule has 1 heterocycles. The third-order valence-electron chi connectivity index (χ3n) is 4.11. The lowest BCUT2D eigenvalue weighted by molar-refractivity contribution is -0.140. The van der Waals surface area contributed by atoms with E-state index in [1.54, 1.807) is 7.05 Å². The van der Waals surface area contributed by atoms with Crippen LogP contribution in [0.2, 0.25) is 0 Å². The number of nitrogens with one attached hydrogen (secondary N) is 2. The molecule has 110 valence electrons. The van der Waals surface area contributed by atoms with Crippen LogP contribution in [-0.4, -0.2) is 44.4 Å². The Morgan fingerprint density at radius 3 is 2.50 bits per heavy atom. The predicted molar refractivity (Wildman–Crippen MR) is 71.6 cm³/mol. The molecule has 0 unspecified atom stereocenters. The molecule has 7 nitrogen and oxygen atoms in total. The Balaban J connectivity index is 2.25. The smallest absolute Gasteiger partial charge is 0.323 e. The first-order valence-corrected chi connectivity index (χ1v) is 6.72. The number of carboxylic acids is 1. The molecule has 1 amide bonds. The fourth-order valence-electron chi connectivity index (χ4n) is 2.97. The van der Waals surface area contributed by atoms with Gasteiger partial charge in [0.1, 0.15) is 5.69 Å². The topological polar surface area (TPSA) is 106 Å². The molecule has 0 aliphatic heterocycles. The number of aliphatic carboxylic acids is 1. The minimum Gasteiger partial charge on any atom is -0.481 e.